The lowest BCUT2D eigenvalue weighted by Crippen LogP contribution is -2.09. The monoisotopic (exact) mass is 486 g/mol. The van der Waals surface area contributed by atoms with Crippen molar-refractivity contribution in [2.24, 2.45) is 0 Å². The second kappa shape index (κ2) is 10.3. The van der Waals surface area contributed by atoms with Crippen molar-refractivity contribution in [2.45, 2.75) is 32.8 Å². The van der Waals surface area contributed by atoms with E-state index in [4.69, 9.17) is 32.7 Å². The Bertz CT molecular complexity index is 1230. The molecule has 33 heavy (non-hydrogen) atoms. The molecular formula is C25H21Cl2FN2O3. The highest BCUT2D eigenvalue weighted by atomic mass is 35.5. The molecule has 5 nitrogen and oxygen atoms in total. The van der Waals surface area contributed by atoms with Gasteiger partial charge >= 0.3 is 5.97 Å². The van der Waals surface area contributed by atoms with E-state index in [1.165, 1.54) is 18.3 Å². The van der Waals surface area contributed by atoms with E-state index in [2.05, 4.69) is 9.97 Å². The van der Waals surface area contributed by atoms with E-state index in [9.17, 15) is 9.18 Å². The zero-order chi connectivity index (χ0) is 23.4. The largest absolute Gasteiger partial charge is 0.488 e. The van der Waals surface area contributed by atoms with Crippen LogP contribution in [0.1, 0.15) is 53.5 Å². The molecule has 0 fully saturated rings. The zero-order valence-electron chi connectivity index (χ0n) is 17.9. The van der Waals surface area contributed by atoms with Gasteiger partial charge in [0, 0.05) is 16.1 Å². The molecule has 0 spiro atoms. The lowest BCUT2D eigenvalue weighted by Gasteiger charge is -2.15. The number of ether oxygens (including phenoxy) is 2. The summed E-state index contributed by atoms with van der Waals surface area (Å²) in [5, 5.41) is 0.875. The Labute approximate surface area is 201 Å². The maximum atomic E-state index is 13.4. The highest BCUT2D eigenvalue weighted by Gasteiger charge is 2.23. The summed E-state index contributed by atoms with van der Waals surface area (Å²) < 4.78 is 24.5. The van der Waals surface area contributed by atoms with Crippen LogP contribution in [-0.2, 0) is 11.3 Å². The predicted octanol–water partition coefficient (Wildman–Crippen LogP) is 6.77. The number of esters is 1. The fourth-order valence-electron chi connectivity index (χ4n) is 3.80. The fraction of sp³-hybridized carbons (Fsp3) is 0.240. The maximum Gasteiger partial charge on any atom is 0.358 e. The van der Waals surface area contributed by atoms with Crippen molar-refractivity contribution >= 4 is 40.3 Å². The van der Waals surface area contributed by atoms with Crippen molar-refractivity contribution in [1.29, 1.82) is 0 Å². The molecule has 3 aromatic rings. The summed E-state index contributed by atoms with van der Waals surface area (Å²) in [6.45, 7) is 2.18. The second-order valence-electron chi connectivity index (χ2n) is 7.49. The predicted molar refractivity (Wildman–Crippen MR) is 126 cm³/mol. The number of allylic oxidation sites excluding steroid dienone is 2. The Morgan fingerprint density at radius 1 is 1.09 bits per heavy atom. The summed E-state index contributed by atoms with van der Waals surface area (Å²) in [5.74, 6) is -0.276. The molecular weight excluding hydrogens is 466 g/mol. The standard InChI is InChI=1S/C25H21Cl2FN2O3/c1-2-32-25(31)23-13-29-12-22(30-23)19-5-3-4-18(19)20-10-16(26)7-9-24(20)33-14-15-6-8-17(28)11-21(15)27/h6-13H,2-5,14H2,1H3. The van der Waals surface area contributed by atoms with Crippen molar-refractivity contribution in [3.05, 3.63) is 87.2 Å². The van der Waals surface area contributed by atoms with Crippen LogP contribution in [0, 0.1) is 5.82 Å². The Morgan fingerprint density at radius 2 is 1.91 bits per heavy atom. The zero-order valence-corrected chi connectivity index (χ0v) is 19.4. The number of aromatic nitrogens is 2. The van der Waals surface area contributed by atoms with Crippen LogP contribution in [-0.4, -0.2) is 22.5 Å². The fourth-order valence-corrected chi connectivity index (χ4v) is 4.19. The Balaban J connectivity index is 1.69. The molecule has 1 aliphatic rings. The van der Waals surface area contributed by atoms with E-state index in [1.54, 1.807) is 31.3 Å². The molecule has 1 aromatic heterocycles. The van der Waals surface area contributed by atoms with Gasteiger partial charge in [0.25, 0.3) is 0 Å². The topological polar surface area (TPSA) is 61.3 Å². The molecule has 0 atom stereocenters. The van der Waals surface area contributed by atoms with Crippen LogP contribution >= 0.6 is 23.2 Å². The summed E-state index contributed by atoms with van der Waals surface area (Å²) in [6, 6.07) is 9.62. The third kappa shape index (κ3) is 5.34. The van der Waals surface area contributed by atoms with E-state index in [1.807, 2.05) is 6.07 Å². The van der Waals surface area contributed by atoms with Crippen molar-refractivity contribution in [2.75, 3.05) is 6.61 Å². The van der Waals surface area contributed by atoms with Crippen LogP contribution in [0.2, 0.25) is 10.0 Å². The number of benzene rings is 2. The third-order valence-corrected chi connectivity index (χ3v) is 5.90. The first kappa shape index (κ1) is 23.2. The Hall–Kier alpha value is -2.96. The number of nitrogens with zero attached hydrogens (tertiary/aromatic N) is 2. The molecule has 4 rings (SSSR count). The number of halogens is 3. The SMILES string of the molecule is CCOC(=O)c1cncc(C2=C(c3cc(Cl)ccc3OCc3ccc(F)cc3Cl)CCC2)n1. The van der Waals surface area contributed by atoms with Gasteiger partial charge in [-0.2, -0.15) is 0 Å². The van der Waals surface area contributed by atoms with Crippen LogP contribution in [0.15, 0.2) is 48.8 Å². The van der Waals surface area contributed by atoms with Gasteiger partial charge in [0.1, 0.15) is 18.2 Å². The number of rotatable bonds is 7. The summed E-state index contributed by atoms with van der Waals surface area (Å²) in [4.78, 5) is 20.8. The van der Waals surface area contributed by atoms with E-state index in [-0.39, 0.29) is 18.9 Å². The molecule has 0 saturated carbocycles. The van der Waals surface area contributed by atoms with Crippen molar-refractivity contribution < 1.29 is 18.7 Å². The number of carbonyl (C=O) groups is 1. The van der Waals surface area contributed by atoms with Gasteiger partial charge in [-0.3, -0.25) is 4.98 Å². The average Bonchev–Trinajstić information content (AvgIpc) is 3.29. The molecule has 0 radical (unpaired) electrons. The number of carbonyl (C=O) groups excluding carboxylic acids is 1. The van der Waals surface area contributed by atoms with E-state index < -0.39 is 11.8 Å². The Morgan fingerprint density at radius 3 is 2.70 bits per heavy atom. The van der Waals surface area contributed by atoms with Gasteiger partial charge < -0.3 is 9.47 Å². The smallest absolute Gasteiger partial charge is 0.358 e. The molecule has 0 amide bonds. The highest BCUT2D eigenvalue weighted by molar-refractivity contribution is 6.31. The van der Waals surface area contributed by atoms with Crippen LogP contribution in [0.25, 0.3) is 11.1 Å². The van der Waals surface area contributed by atoms with Crippen molar-refractivity contribution in [3.8, 4) is 5.75 Å². The summed E-state index contributed by atoms with van der Waals surface area (Å²) in [5.41, 5.74) is 4.33. The summed E-state index contributed by atoms with van der Waals surface area (Å²) in [6.07, 6.45) is 5.55. The number of hydrogen-bond donors (Lipinski definition) is 0. The number of hydrogen-bond acceptors (Lipinski definition) is 5. The van der Waals surface area contributed by atoms with Crippen LogP contribution < -0.4 is 4.74 Å². The minimum absolute atomic E-state index is 0.168. The van der Waals surface area contributed by atoms with Gasteiger partial charge in [-0.1, -0.05) is 29.3 Å². The third-order valence-electron chi connectivity index (χ3n) is 5.31. The van der Waals surface area contributed by atoms with Gasteiger partial charge in [-0.05, 0) is 67.7 Å². The van der Waals surface area contributed by atoms with Gasteiger partial charge in [0.05, 0.1) is 29.7 Å². The molecule has 2 aromatic carbocycles. The lowest BCUT2D eigenvalue weighted by molar-refractivity contribution is 0.0519. The lowest BCUT2D eigenvalue weighted by atomic mass is 9.99. The molecule has 1 aliphatic carbocycles. The molecule has 0 unspecified atom stereocenters. The van der Waals surface area contributed by atoms with Crippen LogP contribution in [0.5, 0.6) is 5.75 Å². The molecule has 0 N–H and O–H groups in total. The highest BCUT2D eigenvalue weighted by Crippen LogP contribution is 2.43. The maximum absolute atomic E-state index is 13.4. The quantitative estimate of drug-likeness (QED) is 0.344. The first-order valence-electron chi connectivity index (χ1n) is 10.5. The molecule has 170 valence electrons. The normalized spacial score (nSPS) is 13.3. The van der Waals surface area contributed by atoms with E-state index in [0.717, 1.165) is 36.0 Å². The van der Waals surface area contributed by atoms with E-state index in [0.29, 0.717) is 27.1 Å². The second-order valence-corrected chi connectivity index (χ2v) is 8.33. The Kier molecular flexibility index (Phi) is 7.26. The molecule has 0 aliphatic heterocycles. The first-order valence-corrected chi connectivity index (χ1v) is 11.3. The van der Waals surface area contributed by atoms with Crippen LogP contribution in [0.3, 0.4) is 0 Å². The summed E-state index contributed by atoms with van der Waals surface area (Å²) >= 11 is 12.5. The minimum Gasteiger partial charge on any atom is -0.488 e. The van der Waals surface area contributed by atoms with Crippen molar-refractivity contribution in [1.82, 2.24) is 9.97 Å². The van der Waals surface area contributed by atoms with Gasteiger partial charge in [0.2, 0.25) is 0 Å². The minimum atomic E-state index is -0.505. The molecule has 0 saturated heterocycles. The van der Waals surface area contributed by atoms with Crippen molar-refractivity contribution in [3.63, 3.8) is 0 Å². The first-order chi connectivity index (χ1) is 16.0. The molecule has 0 bridgehead atoms. The summed E-state index contributed by atoms with van der Waals surface area (Å²) in [7, 11) is 0. The molecule has 1 heterocycles. The van der Waals surface area contributed by atoms with E-state index >= 15 is 0 Å². The van der Waals surface area contributed by atoms with Gasteiger partial charge in [-0.25, -0.2) is 14.2 Å². The van der Waals surface area contributed by atoms with Gasteiger partial charge in [-0.15, -0.1) is 0 Å². The average molecular weight is 487 g/mol. The molecule has 8 heteroatoms. The van der Waals surface area contributed by atoms with Crippen LogP contribution in [0.4, 0.5) is 4.39 Å². The van der Waals surface area contributed by atoms with Gasteiger partial charge in [0.15, 0.2) is 5.69 Å².